The third kappa shape index (κ3) is 6.48. The van der Waals surface area contributed by atoms with E-state index in [0.29, 0.717) is 18.9 Å². The lowest BCUT2D eigenvalue weighted by atomic mass is 10.1. The summed E-state index contributed by atoms with van der Waals surface area (Å²) in [5.41, 5.74) is 2.02. The first kappa shape index (κ1) is 21.1. The zero-order valence-corrected chi connectivity index (χ0v) is 17.0. The van der Waals surface area contributed by atoms with E-state index in [0.717, 1.165) is 11.1 Å². The van der Waals surface area contributed by atoms with Crippen molar-refractivity contribution in [3.8, 4) is 0 Å². The number of carbonyl (C=O) groups excluding carboxylic acids is 1. The molecule has 1 N–H and O–H groups in total. The van der Waals surface area contributed by atoms with Gasteiger partial charge in [-0.2, -0.15) is 4.31 Å². The van der Waals surface area contributed by atoms with E-state index in [4.69, 9.17) is 0 Å². The summed E-state index contributed by atoms with van der Waals surface area (Å²) in [6, 6.07) is 16.4. The van der Waals surface area contributed by atoms with Crippen molar-refractivity contribution in [3.63, 3.8) is 0 Å². The molecule has 0 spiro atoms. The van der Waals surface area contributed by atoms with Crippen molar-refractivity contribution < 1.29 is 13.2 Å². The molecule has 5 nitrogen and oxygen atoms in total. The van der Waals surface area contributed by atoms with Gasteiger partial charge in [-0.3, -0.25) is 4.79 Å². The van der Waals surface area contributed by atoms with Crippen LogP contribution in [0.15, 0.2) is 59.5 Å². The summed E-state index contributed by atoms with van der Waals surface area (Å²) < 4.78 is 27.4. The van der Waals surface area contributed by atoms with Crippen molar-refractivity contribution in [1.29, 1.82) is 0 Å². The van der Waals surface area contributed by atoms with E-state index in [2.05, 4.69) is 5.32 Å². The molecule has 0 heterocycles. The first-order valence-electron chi connectivity index (χ1n) is 9.16. The van der Waals surface area contributed by atoms with Crippen LogP contribution < -0.4 is 5.32 Å². The van der Waals surface area contributed by atoms with Crippen molar-refractivity contribution >= 4 is 15.9 Å². The van der Waals surface area contributed by atoms with E-state index >= 15 is 0 Å². The number of rotatable bonds is 9. The van der Waals surface area contributed by atoms with Crippen molar-refractivity contribution in [2.45, 2.75) is 32.1 Å². The first-order chi connectivity index (χ1) is 12.8. The van der Waals surface area contributed by atoms with E-state index < -0.39 is 10.0 Å². The molecule has 6 heteroatoms. The molecule has 2 aromatic rings. The molecule has 2 aromatic carbocycles. The highest BCUT2D eigenvalue weighted by Gasteiger charge is 2.26. The van der Waals surface area contributed by atoms with Gasteiger partial charge in [-0.05, 0) is 37.0 Å². The van der Waals surface area contributed by atoms with Crippen molar-refractivity contribution in [3.05, 3.63) is 65.7 Å². The van der Waals surface area contributed by atoms with Gasteiger partial charge >= 0.3 is 0 Å². The van der Waals surface area contributed by atoms with Gasteiger partial charge < -0.3 is 5.32 Å². The van der Waals surface area contributed by atoms with Gasteiger partial charge in [-0.15, -0.1) is 0 Å². The van der Waals surface area contributed by atoms with Crippen LogP contribution in [0.1, 0.15) is 25.0 Å². The summed E-state index contributed by atoms with van der Waals surface area (Å²) in [6.45, 7) is 6.48. The lowest BCUT2D eigenvalue weighted by Gasteiger charge is -2.22. The van der Waals surface area contributed by atoms with Gasteiger partial charge in [0.25, 0.3) is 0 Å². The summed E-state index contributed by atoms with van der Waals surface area (Å²) in [4.78, 5) is 12.5. The first-order valence-corrected chi connectivity index (χ1v) is 10.6. The molecule has 0 atom stereocenters. The number of hydrogen-bond donors (Lipinski definition) is 1. The maximum absolute atomic E-state index is 13.1. The standard InChI is InChI=1S/C21H28N2O3S/c1-17(2)15-22-21(24)16-23(14-13-19-7-5-4-6-8-19)27(25,26)20-11-9-18(3)10-12-20/h4-12,17H,13-16H2,1-3H3,(H,22,24). The maximum Gasteiger partial charge on any atom is 0.243 e. The number of nitrogens with one attached hydrogen (secondary N) is 1. The molecule has 0 radical (unpaired) electrons. The second-order valence-electron chi connectivity index (χ2n) is 7.09. The van der Waals surface area contributed by atoms with Crippen LogP contribution in [0.5, 0.6) is 0 Å². The fourth-order valence-electron chi connectivity index (χ4n) is 2.58. The highest BCUT2D eigenvalue weighted by molar-refractivity contribution is 7.89. The fourth-order valence-corrected chi connectivity index (χ4v) is 3.97. The fraction of sp³-hybridized carbons (Fsp3) is 0.381. The molecule has 0 aliphatic heterocycles. The van der Waals surface area contributed by atoms with E-state index in [1.807, 2.05) is 51.1 Å². The molecule has 0 fully saturated rings. The van der Waals surface area contributed by atoms with E-state index in [-0.39, 0.29) is 23.9 Å². The maximum atomic E-state index is 13.1. The summed E-state index contributed by atoms with van der Waals surface area (Å²) in [7, 11) is -3.75. The quantitative estimate of drug-likeness (QED) is 0.718. The molecule has 0 aliphatic carbocycles. The van der Waals surface area contributed by atoms with Crippen LogP contribution in [0, 0.1) is 12.8 Å². The molecule has 0 bridgehead atoms. The second-order valence-corrected chi connectivity index (χ2v) is 9.02. The molecular formula is C21H28N2O3S. The SMILES string of the molecule is Cc1ccc(S(=O)(=O)N(CCc2ccccc2)CC(=O)NCC(C)C)cc1. The van der Waals surface area contributed by atoms with Gasteiger partial charge in [0, 0.05) is 13.1 Å². The largest absolute Gasteiger partial charge is 0.355 e. The molecular weight excluding hydrogens is 360 g/mol. The average Bonchev–Trinajstić information content (AvgIpc) is 2.64. The van der Waals surface area contributed by atoms with Crippen LogP contribution in [0.3, 0.4) is 0 Å². The van der Waals surface area contributed by atoms with Gasteiger partial charge in [0.2, 0.25) is 15.9 Å². The molecule has 1 amide bonds. The van der Waals surface area contributed by atoms with Gasteiger partial charge in [-0.25, -0.2) is 8.42 Å². The highest BCUT2D eigenvalue weighted by Crippen LogP contribution is 2.17. The van der Waals surface area contributed by atoms with Crippen LogP contribution in [-0.4, -0.2) is 38.3 Å². The van der Waals surface area contributed by atoms with Gasteiger partial charge in [0.1, 0.15) is 0 Å². The number of sulfonamides is 1. The Morgan fingerprint density at radius 1 is 1.04 bits per heavy atom. The summed E-state index contributed by atoms with van der Waals surface area (Å²) >= 11 is 0. The number of amides is 1. The zero-order valence-electron chi connectivity index (χ0n) is 16.2. The predicted molar refractivity (Wildman–Crippen MR) is 108 cm³/mol. The minimum atomic E-state index is -3.75. The molecule has 0 saturated carbocycles. The van der Waals surface area contributed by atoms with Crippen LogP contribution in [-0.2, 0) is 21.2 Å². The zero-order chi connectivity index (χ0) is 19.9. The molecule has 0 aromatic heterocycles. The Morgan fingerprint density at radius 3 is 2.26 bits per heavy atom. The van der Waals surface area contributed by atoms with Gasteiger partial charge in [-0.1, -0.05) is 61.9 Å². The van der Waals surface area contributed by atoms with Crippen molar-refractivity contribution in [2.75, 3.05) is 19.6 Å². The Morgan fingerprint density at radius 2 is 1.67 bits per heavy atom. The van der Waals surface area contributed by atoms with Gasteiger partial charge in [0.05, 0.1) is 11.4 Å². The Balaban J connectivity index is 2.19. The van der Waals surface area contributed by atoms with Crippen LogP contribution >= 0.6 is 0 Å². The Bertz CT molecular complexity index is 831. The minimum absolute atomic E-state index is 0.185. The molecule has 0 unspecified atom stereocenters. The summed E-state index contributed by atoms with van der Waals surface area (Å²) in [5, 5.41) is 2.80. The highest BCUT2D eigenvalue weighted by atomic mass is 32.2. The van der Waals surface area contributed by atoms with Crippen molar-refractivity contribution in [1.82, 2.24) is 9.62 Å². The van der Waals surface area contributed by atoms with Crippen LogP contribution in [0.2, 0.25) is 0 Å². The number of nitrogens with zero attached hydrogens (tertiary/aromatic N) is 1. The summed E-state index contributed by atoms with van der Waals surface area (Å²) in [5.74, 6) is 0.0212. The molecule has 0 saturated heterocycles. The normalized spacial score (nSPS) is 11.7. The molecule has 2 rings (SSSR count). The third-order valence-electron chi connectivity index (χ3n) is 4.18. The summed E-state index contributed by atoms with van der Waals surface area (Å²) in [6.07, 6.45) is 0.545. The second kappa shape index (κ2) is 9.67. The number of hydrogen-bond acceptors (Lipinski definition) is 3. The van der Waals surface area contributed by atoms with Gasteiger partial charge in [0.15, 0.2) is 0 Å². The predicted octanol–water partition coefficient (Wildman–Crippen LogP) is 3.00. The molecule has 0 aliphatic rings. The lowest BCUT2D eigenvalue weighted by molar-refractivity contribution is -0.121. The van der Waals surface area contributed by atoms with Crippen molar-refractivity contribution in [2.24, 2.45) is 5.92 Å². The van der Waals surface area contributed by atoms with E-state index in [1.54, 1.807) is 24.3 Å². The Labute approximate surface area is 162 Å². The smallest absolute Gasteiger partial charge is 0.243 e. The van der Waals surface area contributed by atoms with E-state index in [9.17, 15) is 13.2 Å². The topological polar surface area (TPSA) is 66.5 Å². The Kier molecular flexibility index (Phi) is 7.56. The average molecular weight is 389 g/mol. The molecule has 27 heavy (non-hydrogen) atoms. The number of aryl methyl sites for hydroxylation is 1. The van der Waals surface area contributed by atoms with Crippen LogP contribution in [0.4, 0.5) is 0 Å². The number of carbonyl (C=O) groups is 1. The molecule has 146 valence electrons. The lowest BCUT2D eigenvalue weighted by Crippen LogP contribution is -2.42. The number of benzene rings is 2. The third-order valence-corrected chi connectivity index (χ3v) is 6.04. The Hall–Kier alpha value is -2.18. The van der Waals surface area contributed by atoms with E-state index in [1.165, 1.54) is 4.31 Å². The minimum Gasteiger partial charge on any atom is -0.355 e. The monoisotopic (exact) mass is 388 g/mol. The van der Waals surface area contributed by atoms with Crippen LogP contribution in [0.25, 0.3) is 0 Å².